The van der Waals surface area contributed by atoms with Gasteiger partial charge in [-0.2, -0.15) is 0 Å². The molecule has 1 amide bonds. The monoisotopic (exact) mass is 294 g/mol. The van der Waals surface area contributed by atoms with Crippen LogP contribution in [0.2, 0.25) is 0 Å². The summed E-state index contributed by atoms with van der Waals surface area (Å²) >= 11 is 0. The lowest BCUT2D eigenvalue weighted by Crippen LogP contribution is -2.25. The molecule has 2 aromatic carbocycles. The molecule has 3 rings (SSSR count). The molecule has 1 aliphatic heterocycles. The van der Waals surface area contributed by atoms with Crippen molar-refractivity contribution in [3.05, 3.63) is 69.8 Å². The molecule has 0 aliphatic carbocycles. The molecule has 0 bridgehead atoms. The van der Waals surface area contributed by atoms with Gasteiger partial charge in [0, 0.05) is 29.8 Å². The maximum Gasteiger partial charge on any atom is 0.269 e. The minimum absolute atomic E-state index is 0.0375. The highest BCUT2D eigenvalue weighted by atomic mass is 16.6. The van der Waals surface area contributed by atoms with Crippen LogP contribution in [0.25, 0.3) is 11.6 Å². The number of fused-ring (bicyclic) bond motifs is 1. The number of carbonyl (C=O) groups is 1. The fourth-order valence-electron chi connectivity index (χ4n) is 2.62. The van der Waals surface area contributed by atoms with Crippen LogP contribution in [0.3, 0.4) is 0 Å². The number of amides is 1. The summed E-state index contributed by atoms with van der Waals surface area (Å²) in [5, 5.41) is 10.7. The minimum Gasteiger partial charge on any atom is -0.308 e. The minimum atomic E-state index is -0.439. The van der Waals surface area contributed by atoms with Gasteiger partial charge in [0.25, 0.3) is 11.6 Å². The van der Waals surface area contributed by atoms with Gasteiger partial charge in [-0.05, 0) is 36.8 Å². The van der Waals surface area contributed by atoms with Crippen LogP contribution in [0.5, 0.6) is 0 Å². The Bertz CT molecular complexity index is 779. The molecule has 5 nitrogen and oxygen atoms in total. The molecule has 0 atom stereocenters. The van der Waals surface area contributed by atoms with Crippen molar-refractivity contribution in [1.82, 2.24) is 0 Å². The highest BCUT2D eigenvalue weighted by Crippen LogP contribution is 2.37. The topological polar surface area (TPSA) is 63.5 Å². The maximum atomic E-state index is 12.5. The third-order valence-electron chi connectivity index (χ3n) is 3.69. The molecule has 0 spiro atoms. The second kappa shape index (κ2) is 5.44. The molecule has 1 aliphatic rings. The summed E-state index contributed by atoms with van der Waals surface area (Å²) in [5.41, 5.74) is 3.22. The first-order valence-corrected chi connectivity index (χ1v) is 6.99. The molecule has 22 heavy (non-hydrogen) atoms. The van der Waals surface area contributed by atoms with Gasteiger partial charge in [0.15, 0.2) is 0 Å². The summed E-state index contributed by atoms with van der Waals surface area (Å²) in [5.74, 6) is -0.0398. The maximum absolute atomic E-state index is 12.5. The molecule has 0 aromatic heterocycles. The standard InChI is InChI=1S/C17H14N2O3/c1-2-18-16-6-4-3-5-14(16)15(17(18)20)11-12-7-9-13(10-8-12)19(21)22/h3-11H,2H2,1H3/b15-11+. The number of likely N-dealkylation sites (N-methyl/N-ethyl adjacent to an activating group) is 1. The van der Waals surface area contributed by atoms with Crippen LogP contribution < -0.4 is 4.90 Å². The third-order valence-corrected chi connectivity index (χ3v) is 3.69. The van der Waals surface area contributed by atoms with E-state index in [0.29, 0.717) is 12.1 Å². The van der Waals surface area contributed by atoms with Crippen molar-refractivity contribution in [2.24, 2.45) is 0 Å². The predicted molar refractivity (Wildman–Crippen MR) is 85.4 cm³/mol. The number of carbonyl (C=O) groups excluding carboxylic acids is 1. The second-order valence-corrected chi connectivity index (χ2v) is 4.97. The van der Waals surface area contributed by atoms with E-state index < -0.39 is 4.92 Å². The van der Waals surface area contributed by atoms with Crippen molar-refractivity contribution < 1.29 is 9.72 Å². The lowest BCUT2D eigenvalue weighted by Gasteiger charge is -2.13. The van der Waals surface area contributed by atoms with E-state index >= 15 is 0 Å². The Labute approximate surface area is 127 Å². The number of rotatable bonds is 3. The van der Waals surface area contributed by atoms with E-state index in [1.165, 1.54) is 12.1 Å². The van der Waals surface area contributed by atoms with E-state index in [-0.39, 0.29) is 11.6 Å². The van der Waals surface area contributed by atoms with Crippen LogP contribution in [0.15, 0.2) is 48.5 Å². The molecule has 0 N–H and O–H groups in total. The summed E-state index contributed by atoms with van der Waals surface area (Å²) < 4.78 is 0. The first-order chi connectivity index (χ1) is 10.6. The van der Waals surface area contributed by atoms with Gasteiger partial charge < -0.3 is 4.90 Å². The average Bonchev–Trinajstić information content (AvgIpc) is 2.80. The van der Waals surface area contributed by atoms with Crippen LogP contribution in [0.1, 0.15) is 18.1 Å². The third kappa shape index (κ3) is 2.26. The number of hydrogen-bond acceptors (Lipinski definition) is 3. The molecule has 0 fully saturated rings. The summed E-state index contributed by atoms with van der Waals surface area (Å²) in [6.07, 6.45) is 1.78. The van der Waals surface area contributed by atoms with Gasteiger partial charge in [0.2, 0.25) is 0 Å². The lowest BCUT2D eigenvalue weighted by molar-refractivity contribution is -0.384. The van der Waals surface area contributed by atoms with Crippen LogP contribution in [0.4, 0.5) is 11.4 Å². The summed E-state index contributed by atoms with van der Waals surface area (Å²) in [6, 6.07) is 13.8. The van der Waals surface area contributed by atoms with Gasteiger partial charge >= 0.3 is 0 Å². The molecule has 1 heterocycles. The molecular formula is C17H14N2O3. The van der Waals surface area contributed by atoms with Crippen molar-refractivity contribution in [2.75, 3.05) is 11.4 Å². The molecule has 0 saturated carbocycles. The Hall–Kier alpha value is -2.95. The summed E-state index contributed by atoms with van der Waals surface area (Å²) in [6.45, 7) is 2.54. The second-order valence-electron chi connectivity index (χ2n) is 4.97. The van der Waals surface area contributed by atoms with Gasteiger partial charge in [-0.1, -0.05) is 18.2 Å². The van der Waals surface area contributed by atoms with E-state index in [0.717, 1.165) is 16.8 Å². The molecular weight excluding hydrogens is 280 g/mol. The number of anilines is 1. The molecule has 5 heteroatoms. The van der Waals surface area contributed by atoms with Crippen LogP contribution >= 0.6 is 0 Å². The Kier molecular flexibility index (Phi) is 3.47. The number of benzene rings is 2. The van der Waals surface area contributed by atoms with Crippen LogP contribution in [0, 0.1) is 10.1 Å². The van der Waals surface area contributed by atoms with Gasteiger partial charge in [0.05, 0.1) is 10.6 Å². The average molecular weight is 294 g/mol. The molecule has 0 unspecified atom stereocenters. The first-order valence-electron chi connectivity index (χ1n) is 6.99. The number of para-hydroxylation sites is 1. The summed E-state index contributed by atoms with van der Waals surface area (Å²) in [4.78, 5) is 24.5. The lowest BCUT2D eigenvalue weighted by atomic mass is 10.0. The summed E-state index contributed by atoms with van der Waals surface area (Å²) in [7, 11) is 0. The smallest absolute Gasteiger partial charge is 0.269 e. The van der Waals surface area contributed by atoms with Crippen LogP contribution in [-0.2, 0) is 4.79 Å². The zero-order valence-corrected chi connectivity index (χ0v) is 12.0. The van der Waals surface area contributed by atoms with Crippen molar-refractivity contribution in [3.8, 4) is 0 Å². The van der Waals surface area contributed by atoms with E-state index in [4.69, 9.17) is 0 Å². The van der Waals surface area contributed by atoms with E-state index in [1.807, 2.05) is 31.2 Å². The number of nitrogens with zero attached hydrogens (tertiary/aromatic N) is 2. The number of nitro benzene ring substituents is 1. The van der Waals surface area contributed by atoms with Crippen molar-refractivity contribution in [1.29, 1.82) is 0 Å². The number of hydrogen-bond donors (Lipinski definition) is 0. The Balaban J connectivity index is 2.04. The number of nitro groups is 1. The van der Waals surface area contributed by atoms with E-state index in [9.17, 15) is 14.9 Å². The molecule has 110 valence electrons. The van der Waals surface area contributed by atoms with Gasteiger partial charge in [-0.15, -0.1) is 0 Å². The van der Waals surface area contributed by atoms with Gasteiger partial charge in [-0.25, -0.2) is 0 Å². The first kappa shape index (κ1) is 14.0. The van der Waals surface area contributed by atoms with Gasteiger partial charge in [0.1, 0.15) is 0 Å². The van der Waals surface area contributed by atoms with Crippen molar-refractivity contribution in [3.63, 3.8) is 0 Å². The normalized spacial score (nSPS) is 15.2. The molecule has 2 aromatic rings. The highest BCUT2D eigenvalue weighted by molar-refractivity contribution is 6.35. The van der Waals surface area contributed by atoms with E-state index in [1.54, 1.807) is 23.1 Å². The number of non-ortho nitro benzene ring substituents is 1. The zero-order valence-electron chi connectivity index (χ0n) is 12.0. The van der Waals surface area contributed by atoms with Gasteiger partial charge in [-0.3, -0.25) is 14.9 Å². The highest BCUT2D eigenvalue weighted by Gasteiger charge is 2.30. The predicted octanol–water partition coefficient (Wildman–Crippen LogP) is 3.50. The molecule has 0 saturated heterocycles. The quantitative estimate of drug-likeness (QED) is 0.494. The van der Waals surface area contributed by atoms with Crippen molar-refractivity contribution in [2.45, 2.75) is 6.92 Å². The fraction of sp³-hybridized carbons (Fsp3) is 0.118. The zero-order chi connectivity index (χ0) is 15.7. The van der Waals surface area contributed by atoms with E-state index in [2.05, 4.69) is 0 Å². The fourth-order valence-corrected chi connectivity index (χ4v) is 2.62. The largest absolute Gasteiger partial charge is 0.308 e. The Morgan fingerprint density at radius 1 is 1.14 bits per heavy atom. The van der Waals surface area contributed by atoms with Crippen LogP contribution in [-0.4, -0.2) is 17.4 Å². The Morgan fingerprint density at radius 3 is 2.45 bits per heavy atom. The SMILES string of the molecule is CCN1C(=O)/C(=C/c2ccc([N+](=O)[O-])cc2)c2ccccc21. The molecule has 0 radical (unpaired) electrons. The Morgan fingerprint density at radius 2 is 1.82 bits per heavy atom. The van der Waals surface area contributed by atoms with Crippen molar-refractivity contribution >= 4 is 28.9 Å².